The van der Waals surface area contributed by atoms with Gasteiger partial charge in [-0.1, -0.05) is 54.2 Å². The van der Waals surface area contributed by atoms with Gasteiger partial charge in [0.05, 0.1) is 11.9 Å². The summed E-state index contributed by atoms with van der Waals surface area (Å²) in [6, 6.07) is 22.4. The molecule has 1 aliphatic heterocycles. The van der Waals surface area contributed by atoms with Crippen LogP contribution in [0.25, 0.3) is 0 Å². The fourth-order valence-electron chi connectivity index (χ4n) is 4.04. The van der Waals surface area contributed by atoms with Crippen molar-refractivity contribution in [3.05, 3.63) is 89.5 Å². The maximum atomic E-state index is 12.1. The van der Waals surface area contributed by atoms with Crippen LogP contribution >= 0.6 is 11.8 Å². The number of rotatable bonds is 8. The Balaban J connectivity index is 0.00000210. The Morgan fingerprint density at radius 3 is 2.46 bits per heavy atom. The lowest BCUT2D eigenvalue weighted by atomic mass is 10.1. The zero-order valence-corrected chi connectivity index (χ0v) is 21.8. The Labute approximate surface area is 229 Å². The molecule has 39 heavy (non-hydrogen) atoms. The summed E-state index contributed by atoms with van der Waals surface area (Å²) >= 11 is 1.75. The largest absolute Gasteiger partial charge is 0.383 e. The average Bonchev–Trinajstić information content (AvgIpc) is 3.80. The van der Waals surface area contributed by atoms with Gasteiger partial charge in [0.2, 0.25) is 0 Å². The van der Waals surface area contributed by atoms with Crippen molar-refractivity contribution in [1.29, 1.82) is 0 Å². The molecule has 0 spiro atoms. The van der Waals surface area contributed by atoms with Gasteiger partial charge in [-0.2, -0.15) is 5.10 Å². The summed E-state index contributed by atoms with van der Waals surface area (Å²) in [6.45, 7) is 0.957. The average molecular weight is 555 g/mol. The van der Waals surface area contributed by atoms with E-state index in [9.17, 15) is 4.53 Å². The van der Waals surface area contributed by atoms with Gasteiger partial charge in [0, 0.05) is 28.1 Å². The Kier molecular flexibility index (Phi) is 10.7. The molecule has 5 rings (SSSR count). The van der Waals surface area contributed by atoms with Crippen LogP contribution in [-0.2, 0) is 0 Å². The highest BCUT2D eigenvalue weighted by Gasteiger charge is 2.29. The lowest BCUT2D eigenvalue weighted by molar-refractivity contribution is -0.00618. The molecule has 0 atom stereocenters. The van der Waals surface area contributed by atoms with Crippen LogP contribution in [0.4, 0.5) is 25.3 Å². The highest BCUT2D eigenvalue weighted by Crippen LogP contribution is 2.45. The van der Waals surface area contributed by atoms with Crippen LogP contribution in [0.1, 0.15) is 41.9 Å². The lowest BCUT2D eigenvalue weighted by Crippen LogP contribution is -2.34. The first-order valence-corrected chi connectivity index (χ1v) is 13.1. The number of hydrogen-bond donors (Lipinski definition) is 1. The molecule has 1 heterocycles. The molecule has 1 aliphatic carbocycles. The summed E-state index contributed by atoms with van der Waals surface area (Å²) in [5, 5.41) is 9.90. The van der Waals surface area contributed by atoms with Crippen molar-refractivity contribution in [3.8, 4) is 5.75 Å². The summed E-state index contributed by atoms with van der Waals surface area (Å²) in [5.41, 5.74) is 11.1. The molecule has 0 bridgehead atoms. The van der Waals surface area contributed by atoms with Crippen LogP contribution in [0.5, 0.6) is 5.75 Å². The van der Waals surface area contributed by atoms with E-state index in [1.165, 1.54) is 42.6 Å². The summed E-state index contributed by atoms with van der Waals surface area (Å²) in [4.78, 5) is 14.3. The van der Waals surface area contributed by atoms with E-state index < -0.39 is 0 Å². The third-order valence-corrected chi connectivity index (χ3v) is 7.17. The van der Waals surface area contributed by atoms with E-state index in [1.807, 2.05) is 24.3 Å². The van der Waals surface area contributed by atoms with Crippen LogP contribution in [0.15, 0.2) is 93.0 Å². The number of nitrogens with zero attached hydrogens (tertiary/aromatic N) is 5. The molecule has 3 aromatic carbocycles. The Morgan fingerprint density at radius 2 is 1.74 bits per heavy atom. The first-order valence-electron chi connectivity index (χ1n) is 12.2. The zero-order valence-electron chi connectivity index (χ0n) is 21.0. The van der Waals surface area contributed by atoms with Crippen molar-refractivity contribution < 1.29 is 18.9 Å². The molecular formula is C28H29F3N6OS. The number of para-hydroxylation sites is 1. The van der Waals surface area contributed by atoms with E-state index in [4.69, 9.17) is 5.73 Å². The number of hydrogen-bond acceptors (Lipinski definition) is 5. The summed E-state index contributed by atoms with van der Waals surface area (Å²) < 4.78 is 12.1. The minimum atomic E-state index is 0. The van der Waals surface area contributed by atoms with Gasteiger partial charge in [0.1, 0.15) is 12.2 Å². The number of benzene rings is 3. The third kappa shape index (κ3) is 7.70. The SMILES string of the molecule is F.F.NC(=NC=Nc1ccc(OF)cc1)c1ccc(/C=N/N=C2\SCCCN2c2ccccc2C2CC2)cc1. The molecule has 0 aromatic heterocycles. The van der Waals surface area contributed by atoms with Gasteiger partial charge < -0.3 is 10.6 Å². The molecule has 0 amide bonds. The van der Waals surface area contributed by atoms with Crippen molar-refractivity contribution in [1.82, 2.24) is 0 Å². The van der Waals surface area contributed by atoms with E-state index in [0.717, 1.165) is 35.0 Å². The third-order valence-electron chi connectivity index (χ3n) is 6.12. The number of aliphatic imine (C=N–C) groups is 2. The second-order valence-electron chi connectivity index (χ2n) is 8.77. The minimum absolute atomic E-state index is 0. The van der Waals surface area contributed by atoms with Gasteiger partial charge >= 0.3 is 0 Å². The van der Waals surface area contributed by atoms with E-state index >= 15 is 0 Å². The molecule has 1 saturated carbocycles. The summed E-state index contributed by atoms with van der Waals surface area (Å²) in [7, 11) is 0. The van der Waals surface area contributed by atoms with E-state index in [0.29, 0.717) is 17.4 Å². The second kappa shape index (κ2) is 14.1. The summed E-state index contributed by atoms with van der Waals surface area (Å²) in [6.07, 6.45) is 6.78. The quantitative estimate of drug-likeness (QED) is 0.195. The van der Waals surface area contributed by atoms with Crippen LogP contribution in [0.3, 0.4) is 0 Å². The minimum Gasteiger partial charge on any atom is -0.383 e. The van der Waals surface area contributed by atoms with E-state index in [-0.39, 0.29) is 15.2 Å². The normalized spacial score (nSPS) is 16.8. The number of thioether (sulfide) groups is 1. The predicted octanol–water partition coefficient (Wildman–Crippen LogP) is 6.53. The predicted molar refractivity (Wildman–Crippen MR) is 156 cm³/mol. The second-order valence-corrected chi connectivity index (χ2v) is 9.83. The molecule has 1 saturated heterocycles. The van der Waals surface area contributed by atoms with Gasteiger partial charge in [-0.05, 0) is 66.6 Å². The van der Waals surface area contributed by atoms with Crippen LogP contribution in [0, 0.1) is 0 Å². The molecule has 2 fully saturated rings. The van der Waals surface area contributed by atoms with Crippen molar-refractivity contribution in [2.75, 3.05) is 17.2 Å². The van der Waals surface area contributed by atoms with Crippen molar-refractivity contribution in [2.45, 2.75) is 25.2 Å². The number of anilines is 1. The Bertz CT molecular complexity index is 1340. The fraction of sp³-hybridized carbons (Fsp3) is 0.214. The van der Waals surface area contributed by atoms with Gasteiger partial charge in [-0.15, -0.1) is 5.10 Å². The Hall–Kier alpha value is -4.12. The number of amidine groups is 2. The van der Waals surface area contributed by atoms with Crippen molar-refractivity contribution >= 4 is 46.7 Å². The molecule has 0 radical (unpaired) electrons. The van der Waals surface area contributed by atoms with Crippen LogP contribution in [-0.4, -0.2) is 35.9 Å². The maximum Gasteiger partial charge on any atom is 0.190 e. The maximum absolute atomic E-state index is 12.1. The molecular weight excluding hydrogens is 525 g/mol. The van der Waals surface area contributed by atoms with E-state index in [1.54, 1.807) is 30.1 Å². The van der Waals surface area contributed by atoms with Gasteiger partial charge in [-0.25, -0.2) is 9.98 Å². The first-order chi connectivity index (χ1) is 18.2. The standard InChI is InChI=1S/C28H27FN6OS.2FH/c29-36-24-14-12-23(13-15-24)31-19-32-27(30)22-8-6-20(7-9-22)18-33-34-28-35(16-3-17-37-28)26-5-2-1-4-25(26)21-10-11-21;;/h1-2,4-9,12-15,18-19,21H,3,10-11,16-17H2,(H2,30,31,32);2*1H/b33-18+,34-28-;;. The molecule has 2 N–H and O–H groups in total. The van der Waals surface area contributed by atoms with Gasteiger partial charge in [0.25, 0.3) is 0 Å². The summed E-state index contributed by atoms with van der Waals surface area (Å²) in [5.74, 6) is 2.17. The number of halogens is 3. The molecule has 11 heteroatoms. The van der Waals surface area contributed by atoms with Gasteiger partial charge in [0.15, 0.2) is 10.9 Å². The first kappa shape index (κ1) is 29.4. The van der Waals surface area contributed by atoms with Gasteiger partial charge in [-0.3, -0.25) is 14.4 Å². The van der Waals surface area contributed by atoms with E-state index in [2.05, 4.69) is 54.3 Å². The zero-order chi connectivity index (χ0) is 25.5. The topological polar surface area (TPSA) is 87.9 Å². The van der Waals surface area contributed by atoms with Crippen molar-refractivity contribution in [2.24, 2.45) is 25.9 Å². The van der Waals surface area contributed by atoms with Crippen LogP contribution < -0.4 is 15.6 Å². The fourth-order valence-corrected chi connectivity index (χ4v) is 4.95. The van der Waals surface area contributed by atoms with Crippen LogP contribution in [0.2, 0.25) is 0 Å². The molecule has 3 aromatic rings. The lowest BCUT2D eigenvalue weighted by Gasteiger charge is -2.30. The highest BCUT2D eigenvalue weighted by molar-refractivity contribution is 8.14. The Morgan fingerprint density at radius 1 is 1.00 bits per heavy atom. The highest BCUT2D eigenvalue weighted by atomic mass is 32.2. The monoisotopic (exact) mass is 554 g/mol. The smallest absolute Gasteiger partial charge is 0.190 e. The van der Waals surface area contributed by atoms with Crippen molar-refractivity contribution in [3.63, 3.8) is 0 Å². The number of nitrogens with two attached hydrogens (primary N) is 1. The molecule has 0 unspecified atom stereocenters. The molecule has 7 nitrogen and oxygen atoms in total. The molecule has 204 valence electrons. The molecule has 2 aliphatic rings.